The maximum Gasteiger partial charge on any atom is 0.107 e. The molecule has 0 saturated heterocycles. The molecule has 2 N–H and O–H groups in total. The molecular weight excluding hydrogens is 196 g/mol. The molecule has 0 bridgehead atoms. The summed E-state index contributed by atoms with van der Waals surface area (Å²) in [4.78, 5) is 0. The quantitative estimate of drug-likeness (QED) is 0.670. The lowest BCUT2D eigenvalue weighted by atomic mass is 10.2. The minimum atomic E-state index is -0.607. The Morgan fingerprint density at radius 3 is 1.80 bits per heavy atom. The molecule has 0 spiro atoms. The first-order valence-corrected chi connectivity index (χ1v) is 5.47. The molecule has 0 aliphatic rings. The standard InChI is InChI=1S/C11H24O4/c1-7(2)14-6-11(9(4)13)15-10(5)8(3)12/h7-13H,6H2,1-5H3/t8?,9?,10-,11-/m0/s1. The predicted molar refractivity (Wildman–Crippen MR) is 58.8 cm³/mol. The van der Waals surface area contributed by atoms with Crippen LogP contribution in [0.4, 0.5) is 0 Å². The summed E-state index contributed by atoms with van der Waals surface area (Å²) in [6.45, 7) is 9.28. The normalized spacial score (nSPS) is 20.0. The predicted octanol–water partition coefficient (Wildman–Crippen LogP) is 0.947. The molecule has 0 heterocycles. The Hall–Kier alpha value is -0.160. The summed E-state index contributed by atoms with van der Waals surface area (Å²) >= 11 is 0. The Bertz CT molecular complexity index is 157. The minimum absolute atomic E-state index is 0.108. The molecule has 92 valence electrons. The van der Waals surface area contributed by atoms with Crippen molar-refractivity contribution in [3.8, 4) is 0 Å². The Balaban J connectivity index is 4.04. The van der Waals surface area contributed by atoms with Crippen LogP contribution in [0.2, 0.25) is 0 Å². The maximum absolute atomic E-state index is 9.47. The van der Waals surface area contributed by atoms with E-state index in [1.165, 1.54) is 0 Å². The van der Waals surface area contributed by atoms with Crippen molar-refractivity contribution in [2.75, 3.05) is 6.61 Å². The second kappa shape index (κ2) is 7.17. The molecule has 15 heavy (non-hydrogen) atoms. The third-order valence-corrected chi connectivity index (χ3v) is 2.20. The molecule has 0 aromatic heterocycles. The number of aliphatic hydroxyl groups excluding tert-OH is 2. The molecule has 4 atom stereocenters. The van der Waals surface area contributed by atoms with Crippen LogP contribution in [-0.4, -0.2) is 47.3 Å². The van der Waals surface area contributed by atoms with Crippen LogP contribution in [0.15, 0.2) is 0 Å². The summed E-state index contributed by atoms with van der Waals surface area (Å²) < 4.78 is 10.9. The van der Waals surface area contributed by atoms with Gasteiger partial charge in [-0.15, -0.1) is 0 Å². The Labute approximate surface area is 92.2 Å². The lowest BCUT2D eigenvalue weighted by Gasteiger charge is -2.26. The first-order valence-electron chi connectivity index (χ1n) is 5.47. The highest BCUT2D eigenvalue weighted by molar-refractivity contribution is 4.68. The van der Waals surface area contributed by atoms with Crippen molar-refractivity contribution in [1.29, 1.82) is 0 Å². The molecule has 0 fully saturated rings. The Morgan fingerprint density at radius 1 is 0.933 bits per heavy atom. The molecule has 0 aliphatic heterocycles. The summed E-state index contributed by atoms with van der Waals surface area (Å²) in [6.07, 6.45) is -1.75. The van der Waals surface area contributed by atoms with Gasteiger partial charge in [0.05, 0.1) is 31.0 Å². The monoisotopic (exact) mass is 220 g/mol. The maximum atomic E-state index is 9.47. The van der Waals surface area contributed by atoms with Crippen molar-refractivity contribution >= 4 is 0 Å². The summed E-state index contributed by atoms with van der Waals surface area (Å²) in [5, 5.41) is 18.8. The summed E-state index contributed by atoms with van der Waals surface area (Å²) in [5.41, 5.74) is 0. The molecule has 0 aromatic rings. The average Bonchev–Trinajstić information content (AvgIpc) is 2.10. The highest BCUT2D eigenvalue weighted by Crippen LogP contribution is 2.08. The molecule has 0 amide bonds. The van der Waals surface area contributed by atoms with Gasteiger partial charge in [0.2, 0.25) is 0 Å². The van der Waals surface area contributed by atoms with Crippen molar-refractivity contribution in [1.82, 2.24) is 0 Å². The molecule has 0 aliphatic carbocycles. The van der Waals surface area contributed by atoms with Gasteiger partial charge in [0.15, 0.2) is 0 Å². The van der Waals surface area contributed by atoms with Gasteiger partial charge in [-0.1, -0.05) is 0 Å². The van der Waals surface area contributed by atoms with E-state index in [9.17, 15) is 10.2 Å². The second-order valence-corrected chi connectivity index (χ2v) is 4.24. The average molecular weight is 220 g/mol. The second-order valence-electron chi connectivity index (χ2n) is 4.24. The molecule has 0 saturated carbocycles. The highest BCUT2D eigenvalue weighted by Gasteiger charge is 2.21. The smallest absolute Gasteiger partial charge is 0.107 e. The van der Waals surface area contributed by atoms with E-state index in [1.54, 1.807) is 20.8 Å². The summed E-state index contributed by atoms with van der Waals surface area (Å²) in [6, 6.07) is 0. The van der Waals surface area contributed by atoms with Crippen molar-refractivity contribution < 1.29 is 19.7 Å². The van der Waals surface area contributed by atoms with Gasteiger partial charge >= 0.3 is 0 Å². The zero-order chi connectivity index (χ0) is 12.0. The fraction of sp³-hybridized carbons (Fsp3) is 1.00. The first-order chi connectivity index (χ1) is 6.84. The van der Waals surface area contributed by atoms with E-state index in [-0.39, 0.29) is 12.2 Å². The van der Waals surface area contributed by atoms with Gasteiger partial charge in [0.25, 0.3) is 0 Å². The molecule has 0 aromatic carbocycles. The van der Waals surface area contributed by atoms with Gasteiger partial charge in [0.1, 0.15) is 6.10 Å². The molecule has 0 radical (unpaired) electrons. The van der Waals surface area contributed by atoms with Gasteiger partial charge < -0.3 is 19.7 Å². The van der Waals surface area contributed by atoms with Crippen LogP contribution >= 0.6 is 0 Å². The Kier molecular flexibility index (Phi) is 7.09. The molecule has 2 unspecified atom stereocenters. The van der Waals surface area contributed by atoms with Crippen LogP contribution in [0.1, 0.15) is 34.6 Å². The number of hydrogen-bond acceptors (Lipinski definition) is 4. The summed E-state index contributed by atoms with van der Waals surface area (Å²) in [5.74, 6) is 0. The molecule has 4 heteroatoms. The zero-order valence-electron chi connectivity index (χ0n) is 10.3. The van der Waals surface area contributed by atoms with Crippen LogP contribution in [0, 0.1) is 0 Å². The SMILES string of the molecule is CC(C)OC[C@H](O[C@@H](C)C(C)O)C(C)O. The highest BCUT2D eigenvalue weighted by atomic mass is 16.6. The van der Waals surface area contributed by atoms with E-state index >= 15 is 0 Å². The minimum Gasteiger partial charge on any atom is -0.391 e. The third kappa shape index (κ3) is 6.84. The number of rotatable bonds is 7. The van der Waals surface area contributed by atoms with Gasteiger partial charge in [-0.05, 0) is 34.6 Å². The number of ether oxygens (including phenoxy) is 2. The number of aliphatic hydroxyl groups is 2. The van der Waals surface area contributed by atoms with Crippen LogP contribution in [0.25, 0.3) is 0 Å². The van der Waals surface area contributed by atoms with Gasteiger partial charge in [0, 0.05) is 0 Å². The van der Waals surface area contributed by atoms with Crippen LogP contribution in [-0.2, 0) is 9.47 Å². The van der Waals surface area contributed by atoms with Crippen LogP contribution in [0.5, 0.6) is 0 Å². The van der Waals surface area contributed by atoms with Crippen LogP contribution < -0.4 is 0 Å². The lowest BCUT2D eigenvalue weighted by Crippen LogP contribution is -2.38. The van der Waals surface area contributed by atoms with Crippen LogP contribution in [0.3, 0.4) is 0 Å². The van der Waals surface area contributed by atoms with Gasteiger partial charge in [-0.2, -0.15) is 0 Å². The zero-order valence-corrected chi connectivity index (χ0v) is 10.3. The van der Waals surface area contributed by atoms with Crippen molar-refractivity contribution in [3.05, 3.63) is 0 Å². The fourth-order valence-corrected chi connectivity index (χ4v) is 0.969. The topological polar surface area (TPSA) is 58.9 Å². The number of hydrogen-bond donors (Lipinski definition) is 2. The van der Waals surface area contributed by atoms with E-state index < -0.39 is 18.3 Å². The van der Waals surface area contributed by atoms with E-state index in [2.05, 4.69) is 0 Å². The molecule has 4 nitrogen and oxygen atoms in total. The lowest BCUT2D eigenvalue weighted by molar-refractivity contribution is -0.132. The third-order valence-electron chi connectivity index (χ3n) is 2.20. The van der Waals surface area contributed by atoms with Gasteiger partial charge in [-0.3, -0.25) is 0 Å². The molecular formula is C11H24O4. The van der Waals surface area contributed by atoms with E-state index in [1.807, 2.05) is 13.8 Å². The van der Waals surface area contributed by atoms with Crippen molar-refractivity contribution in [2.45, 2.75) is 65.1 Å². The van der Waals surface area contributed by atoms with Crippen molar-refractivity contribution in [2.24, 2.45) is 0 Å². The van der Waals surface area contributed by atoms with E-state index in [4.69, 9.17) is 9.47 Å². The summed E-state index contributed by atoms with van der Waals surface area (Å²) in [7, 11) is 0. The van der Waals surface area contributed by atoms with Gasteiger partial charge in [-0.25, -0.2) is 0 Å². The largest absolute Gasteiger partial charge is 0.391 e. The Morgan fingerprint density at radius 2 is 1.47 bits per heavy atom. The fourth-order valence-electron chi connectivity index (χ4n) is 0.969. The van der Waals surface area contributed by atoms with E-state index in [0.29, 0.717) is 6.61 Å². The molecule has 0 rings (SSSR count). The van der Waals surface area contributed by atoms with E-state index in [0.717, 1.165) is 0 Å². The first kappa shape index (κ1) is 14.8. The van der Waals surface area contributed by atoms with Crippen molar-refractivity contribution in [3.63, 3.8) is 0 Å².